The number of amides is 1. The summed E-state index contributed by atoms with van der Waals surface area (Å²) in [5.74, 6) is 2.68. The van der Waals surface area contributed by atoms with Gasteiger partial charge in [-0.1, -0.05) is 6.07 Å². The molecule has 0 heterocycles. The summed E-state index contributed by atoms with van der Waals surface area (Å²) in [6.45, 7) is 1.89. The van der Waals surface area contributed by atoms with Gasteiger partial charge in [0.05, 0.1) is 48.0 Å². The topological polar surface area (TPSA) is 75.3 Å². The summed E-state index contributed by atoms with van der Waals surface area (Å²) >= 11 is 0. The first kappa shape index (κ1) is 21.2. The van der Waals surface area contributed by atoms with Gasteiger partial charge in [-0.05, 0) is 31.2 Å². The molecule has 28 heavy (non-hydrogen) atoms. The Bertz CT molecular complexity index is 821. The van der Waals surface area contributed by atoms with E-state index < -0.39 is 0 Å². The Morgan fingerprint density at radius 3 is 2.07 bits per heavy atom. The Balaban J connectivity index is 2.21. The summed E-state index contributed by atoms with van der Waals surface area (Å²) in [6, 6.07) is 8.73. The number of carbonyl (C=O) groups excluding carboxylic acids is 1. The second kappa shape index (κ2) is 9.73. The zero-order valence-corrected chi connectivity index (χ0v) is 17.1. The lowest BCUT2D eigenvalue weighted by Crippen LogP contribution is -2.28. The molecule has 2 rings (SSSR count). The van der Waals surface area contributed by atoms with Crippen LogP contribution in [-0.2, 0) is 11.2 Å². The van der Waals surface area contributed by atoms with Gasteiger partial charge in [-0.25, -0.2) is 0 Å². The number of benzene rings is 2. The van der Waals surface area contributed by atoms with Crippen LogP contribution in [0.2, 0.25) is 0 Å². The highest BCUT2D eigenvalue weighted by Crippen LogP contribution is 2.40. The van der Waals surface area contributed by atoms with E-state index in [4.69, 9.17) is 23.7 Å². The van der Waals surface area contributed by atoms with Crippen molar-refractivity contribution in [1.29, 1.82) is 0 Å². The van der Waals surface area contributed by atoms with Gasteiger partial charge >= 0.3 is 0 Å². The second-order valence-corrected chi connectivity index (χ2v) is 6.07. The molecule has 7 heteroatoms. The molecule has 2 aromatic rings. The van der Waals surface area contributed by atoms with Crippen LogP contribution < -0.4 is 29.0 Å². The van der Waals surface area contributed by atoms with Crippen LogP contribution in [0.15, 0.2) is 30.3 Å². The van der Waals surface area contributed by atoms with Crippen molar-refractivity contribution in [2.24, 2.45) is 0 Å². The van der Waals surface area contributed by atoms with Crippen LogP contribution >= 0.6 is 0 Å². The molecular weight excluding hydrogens is 362 g/mol. The quantitative estimate of drug-likeness (QED) is 0.710. The maximum Gasteiger partial charge on any atom is 0.225 e. The highest BCUT2D eigenvalue weighted by atomic mass is 16.5. The standard InChI is InChI=1S/C21H27NO6/c1-13(16-12-15(24-2)8-10-17(16)25-3)22-19(23)11-14-7-9-18(26-4)21(28-6)20(14)27-5/h7-10,12-13H,11H2,1-6H3,(H,22,23)/t13-/m0/s1. The van der Waals surface area contributed by atoms with E-state index in [0.717, 1.165) is 5.56 Å². The minimum absolute atomic E-state index is 0.125. The normalized spacial score (nSPS) is 11.4. The average Bonchev–Trinajstić information content (AvgIpc) is 2.72. The van der Waals surface area contributed by atoms with E-state index in [1.807, 2.05) is 25.1 Å². The SMILES string of the molecule is COc1ccc(OC)c([C@H](C)NC(=O)Cc2ccc(OC)c(OC)c2OC)c1. The van der Waals surface area contributed by atoms with Crippen molar-refractivity contribution in [1.82, 2.24) is 5.32 Å². The van der Waals surface area contributed by atoms with Crippen LogP contribution in [-0.4, -0.2) is 41.5 Å². The van der Waals surface area contributed by atoms with Gasteiger partial charge in [0, 0.05) is 11.1 Å². The molecule has 0 aromatic heterocycles. The molecule has 0 saturated heterocycles. The zero-order chi connectivity index (χ0) is 20.7. The summed E-state index contributed by atoms with van der Waals surface area (Å²) in [4.78, 5) is 12.7. The van der Waals surface area contributed by atoms with Gasteiger partial charge in [-0.3, -0.25) is 4.79 Å². The van der Waals surface area contributed by atoms with Gasteiger partial charge in [0.1, 0.15) is 11.5 Å². The molecule has 1 atom stereocenters. The number of ether oxygens (including phenoxy) is 5. The molecule has 0 fully saturated rings. The van der Waals surface area contributed by atoms with Crippen molar-refractivity contribution < 1.29 is 28.5 Å². The molecular formula is C21H27NO6. The van der Waals surface area contributed by atoms with Gasteiger partial charge in [-0.15, -0.1) is 0 Å². The van der Waals surface area contributed by atoms with Gasteiger partial charge in [0.15, 0.2) is 11.5 Å². The van der Waals surface area contributed by atoms with Crippen molar-refractivity contribution in [2.75, 3.05) is 35.5 Å². The molecule has 0 aliphatic heterocycles. The van der Waals surface area contributed by atoms with Crippen molar-refractivity contribution in [3.05, 3.63) is 41.5 Å². The minimum Gasteiger partial charge on any atom is -0.497 e. The third-order valence-corrected chi connectivity index (χ3v) is 4.42. The number of hydrogen-bond donors (Lipinski definition) is 1. The van der Waals surface area contributed by atoms with E-state index in [-0.39, 0.29) is 18.4 Å². The summed E-state index contributed by atoms with van der Waals surface area (Å²) in [5.41, 5.74) is 1.52. The van der Waals surface area contributed by atoms with Crippen molar-refractivity contribution >= 4 is 5.91 Å². The molecule has 152 valence electrons. The number of nitrogens with one attached hydrogen (secondary N) is 1. The summed E-state index contributed by atoms with van der Waals surface area (Å²) in [7, 11) is 7.79. The molecule has 7 nitrogen and oxygen atoms in total. The monoisotopic (exact) mass is 389 g/mol. The Morgan fingerprint density at radius 1 is 0.857 bits per heavy atom. The van der Waals surface area contributed by atoms with Crippen LogP contribution in [0.5, 0.6) is 28.7 Å². The van der Waals surface area contributed by atoms with E-state index in [0.29, 0.717) is 34.3 Å². The van der Waals surface area contributed by atoms with Gasteiger partial charge in [0.25, 0.3) is 0 Å². The first-order valence-corrected chi connectivity index (χ1v) is 8.78. The number of rotatable bonds is 9. The Labute approximate surface area is 165 Å². The summed E-state index contributed by atoms with van der Waals surface area (Å²) < 4.78 is 26.8. The highest BCUT2D eigenvalue weighted by Gasteiger charge is 2.20. The fourth-order valence-electron chi connectivity index (χ4n) is 3.02. The molecule has 0 radical (unpaired) electrons. The predicted molar refractivity (Wildman–Crippen MR) is 106 cm³/mol. The fraction of sp³-hybridized carbons (Fsp3) is 0.381. The van der Waals surface area contributed by atoms with Crippen LogP contribution in [0.25, 0.3) is 0 Å². The minimum atomic E-state index is -0.274. The first-order valence-electron chi connectivity index (χ1n) is 8.78. The molecule has 0 spiro atoms. The molecule has 0 bridgehead atoms. The molecule has 0 saturated carbocycles. The first-order chi connectivity index (χ1) is 13.5. The Morgan fingerprint density at radius 2 is 1.50 bits per heavy atom. The van der Waals surface area contributed by atoms with E-state index in [9.17, 15) is 4.79 Å². The van der Waals surface area contributed by atoms with Crippen molar-refractivity contribution in [3.63, 3.8) is 0 Å². The lowest BCUT2D eigenvalue weighted by Gasteiger charge is -2.19. The van der Waals surface area contributed by atoms with E-state index in [2.05, 4.69) is 5.32 Å². The largest absolute Gasteiger partial charge is 0.497 e. The van der Waals surface area contributed by atoms with Crippen molar-refractivity contribution in [2.45, 2.75) is 19.4 Å². The number of methoxy groups -OCH3 is 5. The maximum absolute atomic E-state index is 12.7. The van der Waals surface area contributed by atoms with Crippen LogP contribution in [0.4, 0.5) is 0 Å². The van der Waals surface area contributed by atoms with Gasteiger partial charge in [0.2, 0.25) is 11.7 Å². The number of hydrogen-bond acceptors (Lipinski definition) is 6. The molecule has 1 amide bonds. The molecule has 0 aliphatic carbocycles. The third kappa shape index (κ3) is 4.60. The van der Waals surface area contributed by atoms with Gasteiger partial charge < -0.3 is 29.0 Å². The van der Waals surface area contributed by atoms with E-state index in [1.165, 1.54) is 14.2 Å². The van der Waals surface area contributed by atoms with Crippen LogP contribution in [0, 0.1) is 0 Å². The summed E-state index contributed by atoms with van der Waals surface area (Å²) in [6.07, 6.45) is 0.125. The molecule has 0 unspecified atom stereocenters. The lowest BCUT2D eigenvalue weighted by atomic mass is 10.0. The van der Waals surface area contributed by atoms with Crippen LogP contribution in [0.1, 0.15) is 24.1 Å². The fourth-order valence-corrected chi connectivity index (χ4v) is 3.02. The maximum atomic E-state index is 12.7. The number of carbonyl (C=O) groups is 1. The van der Waals surface area contributed by atoms with E-state index in [1.54, 1.807) is 33.5 Å². The molecule has 2 aromatic carbocycles. The van der Waals surface area contributed by atoms with Gasteiger partial charge in [-0.2, -0.15) is 0 Å². The lowest BCUT2D eigenvalue weighted by molar-refractivity contribution is -0.121. The second-order valence-electron chi connectivity index (χ2n) is 6.07. The Hall–Kier alpha value is -3.09. The predicted octanol–water partition coefficient (Wildman–Crippen LogP) is 3.15. The third-order valence-electron chi connectivity index (χ3n) is 4.42. The van der Waals surface area contributed by atoms with Crippen molar-refractivity contribution in [3.8, 4) is 28.7 Å². The zero-order valence-electron chi connectivity index (χ0n) is 17.1. The Kier molecular flexibility index (Phi) is 7.37. The highest BCUT2D eigenvalue weighted by molar-refractivity contribution is 5.80. The molecule has 1 N–H and O–H groups in total. The molecule has 0 aliphatic rings. The summed E-state index contributed by atoms with van der Waals surface area (Å²) in [5, 5.41) is 2.99. The van der Waals surface area contributed by atoms with E-state index >= 15 is 0 Å². The average molecular weight is 389 g/mol. The van der Waals surface area contributed by atoms with Crippen LogP contribution in [0.3, 0.4) is 0 Å². The smallest absolute Gasteiger partial charge is 0.225 e.